The van der Waals surface area contributed by atoms with Crippen LogP contribution in [0, 0.1) is 5.92 Å². The van der Waals surface area contributed by atoms with Gasteiger partial charge in [-0.2, -0.15) is 0 Å². The first-order chi connectivity index (χ1) is 6.26. The van der Waals surface area contributed by atoms with Crippen molar-refractivity contribution in [1.29, 1.82) is 0 Å². The van der Waals surface area contributed by atoms with E-state index in [0.717, 1.165) is 5.92 Å². The van der Waals surface area contributed by atoms with E-state index in [1.807, 2.05) is 0 Å². The molecule has 0 aliphatic carbocycles. The molecule has 0 aromatic rings. The molecule has 0 spiro atoms. The minimum Gasteiger partial charge on any atom is -0.296 e. The molecule has 1 aliphatic heterocycles. The SMILES string of the molecule is CC1CC(C)(C)N(C)C(C)(C)C1.[3H][3H]. The van der Waals surface area contributed by atoms with E-state index in [2.05, 4.69) is 46.6 Å². The maximum Gasteiger partial charge on any atom is 0.0158 e. The zero-order valence-corrected chi connectivity index (χ0v) is 9.44. The lowest BCUT2D eigenvalue weighted by atomic mass is 9.75. The molecule has 0 bridgehead atoms. The van der Waals surface area contributed by atoms with Crippen molar-refractivity contribution in [2.24, 2.45) is 5.92 Å². The lowest BCUT2D eigenvalue weighted by Gasteiger charge is -2.53. The van der Waals surface area contributed by atoms with Crippen LogP contribution in [0.2, 0.25) is 0 Å². The Hall–Kier alpha value is -0.0400. The highest BCUT2D eigenvalue weighted by Crippen LogP contribution is 2.39. The van der Waals surface area contributed by atoms with Gasteiger partial charge in [0.25, 0.3) is 0 Å². The fourth-order valence-electron chi connectivity index (χ4n) is 2.87. The van der Waals surface area contributed by atoms with Gasteiger partial charge in [-0.25, -0.2) is 0 Å². The van der Waals surface area contributed by atoms with Crippen molar-refractivity contribution in [2.45, 2.75) is 58.5 Å². The number of hydrogen-bond acceptors (Lipinski definition) is 1. The van der Waals surface area contributed by atoms with Crippen molar-refractivity contribution in [1.82, 2.24) is 4.90 Å². The predicted molar refractivity (Wildman–Crippen MR) is 56.4 cm³/mol. The van der Waals surface area contributed by atoms with Crippen molar-refractivity contribution < 1.29 is 2.97 Å². The third-order valence-electron chi connectivity index (χ3n) is 3.51. The summed E-state index contributed by atoms with van der Waals surface area (Å²) in [5.74, 6) is 0.867. The second-order valence-electron chi connectivity index (χ2n) is 5.70. The molecule has 1 fully saturated rings. The standard InChI is InChI=1S/C11H23N.H2/c1-9-7-10(2,3)12(6)11(4,5)8-9;/h9H,7-8H2,1-6H3;1H/i;1+2T. The summed E-state index contributed by atoms with van der Waals surface area (Å²) in [6.07, 6.45) is 2.65. The summed E-state index contributed by atoms with van der Waals surface area (Å²) in [7, 11) is 2.26. The third-order valence-corrected chi connectivity index (χ3v) is 3.51. The molecule has 1 nitrogen and oxygen atoms in total. The van der Waals surface area contributed by atoms with Crippen LogP contribution in [0.15, 0.2) is 0 Å². The minimum atomic E-state index is 0.376. The second-order valence-corrected chi connectivity index (χ2v) is 5.70. The van der Waals surface area contributed by atoms with E-state index in [1.165, 1.54) is 12.8 Å². The van der Waals surface area contributed by atoms with E-state index in [0.29, 0.717) is 11.1 Å². The van der Waals surface area contributed by atoms with Gasteiger partial charge in [0, 0.05) is 14.0 Å². The first-order valence-electron chi connectivity index (χ1n) is 6.00. The van der Waals surface area contributed by atoms with E-state index < -0.39 is 0 Å². The van der Waals surface area contributed by atoms with Gasteiger partial charge in [0.2, 0.25) is 0 Å². The monoisotopic (exact) mass is 175 g/mol. The van der Waals surface area contributed by atoms with Gasteiger partial charge in [-0.3, -0.25) is 4.90 Å². The summed E-state index contributed by atoms with van der Waals surface area (Å²) in [6.45, 7) is 11.8. The maximum absolute atomic E-state index is 5.00. The lowest BCUT2D eigenvalue weighted by Crippen LogP contribution is -2.58. The fraction of sp³-hybridized carbons (Fsp3) is 1.00. The molecule has 0 atom stereocenters. The Morgan fingerprint density at radius 2 is 1.50 bits per heavy atom. The molecule has 1 rings (SSSR count). The summed E-state index contributed by atoms with van der Waals surface area (Å²) in [5, 5.41) is 0. The van der Waals surface area contributed by atoms with Gasteiger partial charge in [0.15, 0.2) is 0 Å². The number of hydrogen-bond donors (Lipinski definition) is 0. The summed E-state index contributed by atoms with van der Waals surface area (Å²) >= 11 is 0. The molecule has 0 unspecified atom stereocenters. The van der Waals surface area contributed by atoms with Crippen LogP contribution in [0.1, 0.15) is 50.4 Å². The molecule has 1 heterocycles. The molecule has 0 amide bonds. The molecule has 0 aromatic heterocycles. The summed E-state index contributed by atoms with van der Waals surface area (Å²) < 4.78 is 10.0. The highest BCUT2D eigenvalue weighted by Gasteiger charge is 2.41. The highest BCUT2D eigenvalue weighted by molar-refractivity contribution is 4.96. The normalized spacial score (nSPS) is 31.2. The van der Waals surface area contributed by atoms with Crippen molar-refractivity contribution in [3.63, 3.8) is 0 Å². The number of piperidine rings is 1. The quantitative estimate of drug-likeness (QED) is 0.546. The zero-order chi connectivity index (χ0) is 11.6. The van der Waals surface area contributed by atoms with Crippen LogP contribution < -0.4 is 0 Å². The van der Waals surface area contributed by atoms with Crippen LogP contribution in [0.3, 0.4) is 0 Å². The van der Waals surface area contributed by atoms with Crippen LogP contribution in [0.25, 0.3) is 0 Å². The van der Waals surface area contributed by atoms with E-state index >= 15 is 0 Å². The smallest absolute Gasteiger partial charge is 0.0158 e. The summed E-state index contributed by atoms with van der Waals surface area (Å²) in [4.78, 5) is 2.53. The molecule has 1 heteroatoms. The Balaban J connectivity index is 0.000000791. The van der Waals surface area contributed by atoms with Crippen LogP contribution in [-0.4, -0.2) is 23.0 Å². The molecule has 1 aliphatic rings. The molecule has 0 saturated carbocycles. The van der Waals surface area contributed by atoms with E-state index in [1.54, 1.807) is 0 Å². The molecule has 0 aromatic carbocycles. The predicted octanol–water partition coefficient (Wildman–Crippen LogP) is 3.15. The number of likely N-dealkylation sites (tertiary alicyclic amines) is 1. The summed E-state index contributed by atoms with van der Waals surface area (Å²) in [5.41, 5.74) is 0.752. The maximum atomic E-state index is 5.00. The van der Waals surface area contributed by atoms with E-state index in [9.17, 15) is 0 Å². The van der Waals surface area contributed by atoms with Crippen molar-refractivity contribution in [3.05, 3.63) is 0 Å². The zero-order valence-electron chi connectivity index (χ0n) is 11.4. The van der Waals surface area contributed by atoms with Gasteiger partial charge in [-0.05, 0) is 53.5 Å². The molecule has 0 radical (unpaired) electrons. The van der Waals surface area contributed by atoms with Crippen LogP contribution in [0.4, 0.5) is 0 Å². The number of rotatable bonds is 0. The topological polar surface area (TPSA) is 3.24 Å². The Morgan fingerprint density at radius 3 is 1.83 bits per heavy atom. The molecule has 74 valence electrons. The van der Waals surface area contributed by atoms with Gasteiger partial charge in [0.05, 0.1) is 0 Å². The van der Waals surface area contributed by atoms with Crippen LogP contribution in [0.5, 0.6) is 0 Å². The second kappa shape index (κ2) is 2.73. The molecular weight excluding hydrogens is 146 g/mol. The van der Waals surface area contributed by atoms with Gasteiger partial charge < -0.3 is 0 Å². The van der Waals surface area contributed by atoms with Crippen molar-refractivity contribution >= 4 is 0 Å². The Bertz CT molecular complexity index is 160. The minimum absolute atomic E-state index is 0.376. The molecular formula is C11H25N. The Kier molecular flexibility index (Phi) is 1.95. The van der Waals surface area contributed by atoms with E-state index in [4.69, 9.17) is 2.97 Å². The number of nitrogens with zero attached hydrogens (tertiary/aromatic N) is 1. The Morgan fingerprint density at radius 1 is 1.17 bits per heavy atom. The lowest BCUT2D eigenvalue weighted by molar-refractivity contribution is -0.0255. The highest BCUT2D eigenvalue weighted by atomic mass is 15.2. The average molecular weight is 175 g/mol. The van der Waals surface area contributed by atoms with Gasteiger partial charge in [-0.1, -0.05) is 6.92 Å². The molecule has 0 N–H and O–H groups in total. The molecule has 1 saturated heterocycles. The molecule has 12 heavy (non-hydrogen) atoms. The van der Waals surface area contributed by atoms with Gasteiger partial charge in [0.1, 0.15) is 0 Å². The first kappa shape index (κ1) is 8.55. The van der Waals surface area contributed by atoms with Crippen molar-refractivity contribution in [3.8, 4) is 0 Å². The summed E-state index contributed by atoms with van der Waals surface area (Å²) in [6, 6.07) is 0. The van der Waals surface area contributed by atoms with Gasteiger partial charge >= 0.3 is 0 Å². The van der Waals surface area contributed by atoms with Crippen molar-refractivity contribution in [2.75, 3.05) is 7.05 Å². The Labute approximate surface area is 80.2 Å². The van der Waals surface area contributed by atoms with Crippen LogP contribution in [-0.2, 0) is 0 Å². The largest absolute Gasteiger partial charge is 0.296 e. The fourth-order valence-corrected chi connectivity index (χ4v) is 2.87. The average Bonchev–Trinajstić information content (AvgIpc) is 2.02. The first-order valence-corrected chi connectivity index (χ1v) is 5.00. The van der Waals surface area contributed by atoms with Gasteiger partial charge in [-0.15, -0.1) is 0 Å². The van der Waals surface area contributed by atoms with Crippen LogP contribution >= 0.6 is 0 Å². The van der Waals surface area contributed by atoms with E-state index in [-0.39, 0.29) is 0 Å². The third kappa shape index (κ3) is 1.66.